The summed E-state index contributed by atoms with van der Waals surface area (Å²) in [5.74, 6) is -0.552. The lowest BCUT2D eigenvalue weighted by Crippen LogP contribution is -2.18. The number of ketones is 1. The number of rotatable bonds is 6. The van der Waals surface area contributed by atoms with E-state index < -0.39 is 37.5 Å². The van der Waals surface area contributed by atoms with Gasteiger partial charge in [-0.1, -0.05) is 47.5 Å². The van der Waals surface area contributed by atoms with Gasteiger partial charge >= 0.3 is 6.18 Å². The van der Waals surface area contributed by atoms with Gasteiger partial charge in [-0.15, -0.1) is 5.10 Å². The lowest BCUT2D eigenvalue weighted by atomic mass is 10.00. The topological polar surface area (TPSA) is 131 Å². The number of benzene rings is 2. The Morgan fingerprint density at radius 2 is 1.80 bits per heavy atom. The van der Waals surface area contributed by atoms with Crippen molar-refractivity contribution in [3.05, 3.63) is 81.6 Å². The second-order valence-electron chi connectivity index (χ2n) is 6.92. The number of tetrazole rings is 1. The van der Waals surface area contributed by atoms with Gasteiger partial charge in [0.15, 0.2) is 5.82 Å². The number of hydrogen-bond acceptors (Lipinski definition) is 7. The molecule has 0 fully saturated rings. The Bertz CT molecular complexity index is 1530. The number of hydrogen-bond donors (Lipinski definition) is 2. The fourth-order valence-corrected chi connectivity index (χ4v) is 4.54. The van der Waals surface area contributed by atoms with Crippen molar-refractivity contribution < 1.29 is 26.4 Å². The summed E-state index contributed by atoms with van der Waals surface area (Å²) in [5.41, 5.74) is -1.66. The van der Waals surface area contributed by atoms with Crippen molar-refractivity contribution in [1.29, 1.82) is 0 Å². The van der Waals surface area contributed by atoms with E-state index in [-0.39, 0.29) is 27.8 Å². The molecule has 0 atom stereocenters. The Labute approximate surface area is 205 Å². The maximum absolute atomic E-state index is 13.4. The Morgan fingerprint density at radius 3 is 2.49 bits per heavy atom. The molecule has 2 aromatic heterocycles. The molecule has 35 heavy (non-hydrogen) atoms. The normalized spacial score (nSPS) is 11.9. The van der Waals surface area contributed by atoms with Gasteiger partial charge in [0.2, 0.25) is 5.78 Å². The zero-order valence-corrected chi connectivity index (χ0v) is 19.3. The van der Waals surface area contributed by atoms with Crippen LogP contribution in [0.25, 0.3) is 11.4 Å². The first-order chi connectivity index (χ1) is 16.5. The number of nitrogens with one attached hydrogen (secondary N) is 2. The zero-order valence-electron chi connectivity index (χ0n) is 17.0. The highest BCUT2D eigenvalue weighted by Crippen LogP contribution is 2.36. The maximum atomic E-state index is 13.4. The molecule has 0 radical (unpaired) electrons. The average Bonchev–Trinajstić information content (AvgIpc) is 3.33. The van der Waals surface area contributed by atoms with Crippen molar-refractivity contribution in [3.63, 3.8) is 0 Å². The third-order valence-corrected chi connectivity index (χ3v) is 6.54. The summed E-state index contributed by atoms with van der Waals surface area (Å²) in [6.45, 7) is 0. The number of sulfonamides is 1. The summed E-state index contributed by atoms with van der Waals surface area (Å²) in [6.07, 6.45) is -3.77. The van der Waals surface area contributed by atoms with E-state index in [1.807, 2.05) is 0 Å². The molecule has 0 spiro atoms. The van der Waals surface area contributed by atoms with E-state index in [1.165, 1.54) is 6.07 Å². The van der Waals surface area contributed by atoms with Crippen molar-refractivity contribution in [2.45, 2.75) is 11.1 Å². The van der Waals surface area contributed by atoms with Gasteiger partial charge in [0, 0.05) is 17.3 Å². The van der Waals surface area contributed by atoms with Crippen LogP contribution < -0.4 is 4.72 Å². The van der Waals surface area contributed by atoms with Gasteiger partial charge in [-0.3, -0.25) is 9.52 Å². The molecule has 4 rings (SSSR count). The molecule has 0 unspecified atom stereocenters. The quantitative estimate of drug-likeness (QED) is 0.340. The fourth-order valence-electron chi connectivity index (χ4n) is 3.08. The number of pyridine rings is 1. The monoisotopic (exact) mass is 542 g/mol. The molecule has 9 nitrogen and oxygen atoms in total. The van der Waals surface area contributed by atoms with E-state index in [9.17, 15) is 26.4 Å². The van der Waals surface area contributed by atoms with Crippen LogP contribution in [0.5, 0.6) is 0 Å². The van der Waals surface area contributed by atoms with Gasteiger partial charge < -0.3 is 0 Å². The van der Waals surface area contributed by atoms with Crippen molar-refractivity contribution in [2.75, 3.05) is 4.72 Å². The Morgan fingerprint density at radius 1 is 1.06 bits per heavy atom. The van der Waals surface area contributed by atoms with E-state index in [2.05, 4.69) is 30.3 Å². The molecule has 2 N–H and O–H groups in total. The molecular weight excluding hydrogens is 532 g/mol. The highest BCUT2D eigenvalue weighted by Gasteiger charge is 2.35. The minimum Gasteiger partial charge on any atom is -0.287 e. The highest BCUT2D eigenvalue weighted by atomic mass is 35.5. The first-order valence-electron chi connectivity index (χ1n) is 9.40. The molecule has 4 aromatic rings. The van der Waals surface area contributed by atoms with Crippen LogP contribution in [0.3, 0.4) is 0 Å². The summed E-state index contributed by atoms with van der Waals surface area (Å²) in [6, 6.07) is 9.40. The Kier molecular flexibility index (Phi) is 6.49. The van der Waals surface area contributed by atoms with Crippen LogP contribution in [-0.4, -0.2) is 39.8 Å². The van der Waals surface area contributed by atoms with Crippen molar-refractivity contribution in [1.82, 2.24) is 25.6 Å². The molecule has 0 saturated carbocycles. The lowest BCUT2D eigenvalue weighted by Gasteiger charge is -2.14. The second kappa shape index (κ2) is 9.24. The van der Waals surface area contributed by atoms with Crippen molar-refractivity contribution in [2.24, 2.45) is 0 Å². The van der Waals surface area contributed by atoms with Crippen LogP contribution in [0.4, 0.5) is 18.9 Å². The summed E-state index contributed by atoms with van der Waals surface area (Å²) in [4.78, 5) is 16.6. The van der Waals surface area contributed by atoms with Gasteiger partial charge in [0.1, 0.15) is 5.69 Å². The first-order valence-corrected chi connectivity index (χ1v) is 11.6. The molecule has 2 aromatic carbocycles. The van der Waals surface area contributed by atoms with Gasteiger partial charge in [0.25, 0.3) is 10.0 Å². The largest absolute Gasteiger partial charge is 0.417 e. The molecule has 0 bridgehead atoms. The minimum absolute atomic E-state index is 0.0287. The minimum atomic E-state index is -4.89. The summed E-state index contributed by atoms with van der Waals surface area (Å²) in [5, 5.41) is 12.5. The Hall–Kier alpha value is -3.55. The molecule has 0 amide bonds. The van der Waals surface area contributed by atoms with Crippen LogP contribution >= 0.6 is 23.2 Å². The number of aromatic nitrogens is 5. The van der Waals surface area contributed by atoms with E-state index in [0.717, 1.165) is 24.4 Å². The van der Waals surface area contributed by atoms with Gasteiger partial charge in [-0.25, -0.2) is 18.5 Å². The molecule has 180 valence electrons. The third kappa shape index (κ3) is 5.11. The van der Waals surface area contributed by atoms with Gasteiger partial charge in [-0.05, 0) is 34.7 Å². The Balaban J connectivity index is 1.77. The van der Waals surface area contributed by atoms with Gasteiger partial charge in [0.05, 0.1) is 26.2 Å². The smallest absolute Gasteiger partial charge is 0.287 e. The maximum Gasteiger partial charge on any atom is 0.417 e. The van der Waals surface area contributed by atoms with Crippen LogP contribution in [0.1, 0.15) is 21.6 Å². The van der Waals surface area contributed by atoms with E-state index in [4.69, 9.17) is 23.2 Å². The lowest BCUT2D eigenvalue weighted by molar-refractivity contribution is -0.137. The molecule has 15 heteroatoms. The van der Waals surface area contributed by atoms with Crippen LogP contribution in [0.15, 0.2) is 59.6 Å². The summed E-state index contributed by atoms with van der Waals surface area (Å²) >= 11 is 11.5. The number of nitrogens with zero attached hydrogens (tertiary/aromatic N) is 4. The number of halogens is 5. The second-order valence-corrected chi connectivity index (χ2v) is 9.45. The van der Waals surface area contributed by atoms with Crippen molar-refractivity contribution in [3.8, 4) is 11.4 Å². The molecule has 0 aliphatic heterocycles. The summed E-state index contributed by atoms with van der Waals surface area (Å²) in [7, 11) is -4.62. The standard InChI is InChI=1S/C20H11Cl2F3N6O3S/c21-10-7-16(29-35(33,34)11-5-6-15(22)14(8-11)20(23,24)25)17(26-9-10)18(32)12-3-1-2-4-13(12)19-27-30-31-28-19/h1-9,29H,(H,27,28,30,31). The van der Waals surface area contributed by atoms with E-state index in [0.29, 0.717) is 11.6 Å². The average molecular weight is 543 g/mol. The molecule has 0 aliphatic rings. The number of aromatic amines is 1. The van der Waals surface area contributed by atoms with Crippen LogP contribution in [0.2, 0.25) is 10.0 Å². The molecule has 0 aliphatic carbocycles. The van der Waals surface area contributed by atoms with Crippen LogP contribution in [0, 0.1) is 0 Å². The molecular formula is C20H11Cl2F3N6O3S. The highest BCUT2D eigenvalue weighted by molar-refractivity contribution is 7.92. The number of anilines is 1. The van der Waals surface area contributed by atoms with E-state index in [1.54, 1.807) is 18.2 Å². The number of carbonyl (C=O) groups is 1. The fraction of sp³-hybridized carbons (Fsp3) is 0.0500. The predicted octanol–water partition coefficient (Wildman–Crippen LogP) is 4.62. The number of carbonyl (C=O) groups excluding carboxylic acids is 1. The van der Waals surface area contributed by atoms with Gasteiger partial charge in [-0.2, -0.15) is 13.2 Å². The third-order valence-electron chi connectivity index (χ3n) is 4.64. The van der Waals surface area contributed by atoms with Crippen LogP contribution in [-0.2, 0) is 16.2 Å². The summed E-state index contributed by atoms with van der Waals surface area (Å²) < 4.78 is 67.6. The van der Waals surface area contributed by atoms with E-state index >= 15 is 0 Å². The van der Waals surface area contributed by atoms with Crippen molar-refractivity contribution >= 4 is 44.7 Å². The SMILES string of the molecule is O=C(c1ccccc1-c1nnn[nH]1)c1ncc(Cl)cc1NS(=O)(=O)c1ccc(Cl)c(C(F)(F)F)c1. The molecule has 2 heterocycles. The predicted molar refractivity (Wildman–Crippen MR) is 120 cm³/mol. The molecule has 0 saturated heterocycles. The number of H-pyrrole nitrogens is 1. The first kappa shape index (κ1) is 24.6. The zero-order chi connectivity index (χ0) is 25.4. The number of alkyl halides is 3.